The Bertz CT molecular complexity index is 889. The number of carbonyl (C=O) groups is 1. The summed E-state index contributed by atoms with van der Waals surface area (Å²) in [6.45, 7) is 0.299. The number of aromatic nitrogens is 2. The molecule has 1 aliphatic heterocycles. The van der Waals surface area contributed by atoms with E-state index in [2.05, 4.69) is 25.9 Å². The second-order valence-electron chi connectivity index (χ2n) is 5.69. The summed E-state index contributed by atoms with van der Waals surface area (Å²) in [6.07, 6.45) is 3.28. The number of anilines is 1. The maximum Gasteiger partial charge on any atom is 0.321 e. The van der Waals surface area contributed by atoms with Gasteiger partial charge in [0.1, 0.15) is 5.75 Å². The van der Waals surface area contributed by atoms with Gasteiger partial charge in [-0.3, -0.25) is 4.79 Å². The van der Waals surface area contributed by atoms with Gasteiger partial charge in [0.05, 0.1) is 10.2 Å². The lowest BCUT2D eigenvalue weighted by Crippen LogP contribution is -2.27. The summed E-state index contributed by atoms with van der Waals surface area (Å²) >= 11 is 3.24. The van der Waals surface area contributed by atoms with Gasteiger partial charge >= 0.3 is 6.01 Å². The second-order valence-corrected chi connectivity index (χ2v) is 8.26. The van der Waals surface area contributed by atoms with Crippen LogP contribution >= 0.6 is 15.9 Å². The number of carbonyl (C=O) groups excluding carboxylic acids is 1. The molecule has 3 rings (SSSR count). The van der Waals surface area contributed by atoms with E-state index in [0.29, 0.717) is 18.0 Å². The predicted molar refractivity (Wildman–Crippen MR) is 94.7 cm³/mol. The number of amides is 1. The standard InChI is InChI=1S/C15H15BrN4O4S/c16-11-6-18-15(19-7-11)24-13-3-1-2-12(5-13)20-8-10(4-14(20)21)9-25(17,22)23/h1-3,5-7,10H,4,8-9H2,(H2,17,22,23). The molecule has 1 amide bonds. The zero-order valence-corrected chi connectivity index (χ0v) is 15.4. The molecule has 132 valence electrons. The first-order valence-electron chi connectivity index (χ1n) is 7.36. The van der Waals surface area contributed by atoms with Crippen LogP contribution in [0.3, 0.4) is 0 Å². The molecule has 0 bridgehead atoms. The number of hydrogen-bond acceptors (Lipinski definition) is 6. The molecule has 1 aromatic carbocycles. The van der Waals surface area contributed by atoms with Crippen molar-refractivity contribution in [3.8, 4) is 11.8 Å². The van der Waals surface area contributed by atoms with E-state index in [9.17, 15) is 13.2 Å². The zero-order chi connectivity index (χ0) is 18.0. The fourth-order valence-electron chi connectivity index (χ4n) is 2.64. The van der Waals surface area contributed by atoms with Gasteiger partial charge in [-0.05, 0) is 28.1 Å². The van der Waals surface area contributed by atoms with Crippen molar-refractivity contribution >= 4 is 37.5 Å². The molecule has 8 nitrogen and oxygen atoms in total. The summed E-state index contributed by atoms with van der Waals surface area (Å²) in [5.41, 5.74) is 0.622. The van der Waals surface area contributed by atoms with Gasteiger partial charge in [0.15, 0.2) is 0 Å². The molecular weight excluding hydrogens is 412 g/mol. The Labute approximate surface area is 153 Å². The monoisotopic (exact) mass is 426 g/mol. The van der Waals surface area contributed by atoms with E-state index in [-0.39, 0.29) is 30.0 Å². The van der Waals surface area contributed by atoms with Crippen molar-refractivity contribution in [2.24, 2.45) is 11.1 Å². The van der Waals surface area contributed by atoms with Crippen LogP contribution in [-0.2, 0) is 14.8 Å². The van der Waals surface area contributed by atoms with Crippen LogP contribution in [0.15, 0.2) is 41.1 Å². The highest BCUT2D eigenvalue weighted by Crippen LogP contribution is 2.29. The molecule has 0 saturated carbocycles. The minimum atomic E-state index is -3.61. The van der Waals surface area contributed by atoms with Crippen LogP contribution in [0.5, 0.6) is 11.8 Å². The van der Waals surface area contributed by atoms with E-state index < -0.39 is 10.0 Å². The molecule has 1 unspecified atom stereocenters. The Morgan fingerprint density at radius 1 is 1.32 bits per heavy atom. The van der Waals surface area contributed by atoms with Gasteiger partial charge in [-0.2, -0.15) is 0 Å². The van der Waals surface area contributed by atoms with Crippen molar-refractivity contribution in [1.29, 1.82) is 0 Å². The first kappa shape index (κ1) is 17.8. The molecule has 2 N–H and O–H groups in total. The number of primary sulfonamides is 1. The van der Waals surface area contributed by atoms with Crippen molar-refractivity contribution in [3.05, 3.63) is 41.1 Å². The quantitative estimate of drug-likeness (QED) is 0.776. The van der Waals surface area contributed by atoms with Gasteiger partial charge in [0.2, 0.25) is 15.9 Å². The number of hydrogen-bond donors (Lipinski definition) is 1. The molecule has 0 aliphatic carbocycles. The summed E-state index contributed by atoms with van der Waals surface area (Å²) < 4.78 is 28.8. The lowest BCUT2D eigenvalue weighted by atomic mass is 10.1. The molecule has 10 heteroatoms. The molecule has 1 aliphatic rings. The lowest BCUT2D eigenvalue weighted by Gasteiger charge is -2.17. The van der Waals surface area contributed by atoms with Gasteiger partial charge in [-0.15, -0.1) is 0 Å². The summed E-state index contributed by atoms with van der Waals surface area (Å²) in [7, 11) is -3.61. The van der Waals surface area contributed by atoms with Crippen LogP contribution in [0.25, 0.3) is 0 Å². The highest BCUT2D eigenvalue weighted by atomic mass is 79.9. The molecular formula is C15H15BrN4O4S. The topological polar surface area (TPSA) is 115 Å². The number of halogens is 1. The van der Waals surface area contributed by atoms with Crippen molar-refractivity contribution in [1.82, 2.24) is 9.97 Å². The summed E-state index contributed by atoms with van der Waals surface area (Å²) in [4.78, 5) is 21.8. The van der Waals surface area contributed by atoms with Crippen LogP contribution in [0, 0.1) is 5.92 Å². The van der Waals surface area contributed by atoms with Gasteiger partial charge in [0, 0.05) is 43.0 Å². The van der Waals surface area contributed by atoms with Gasteiger partial charge in [0.25, 0.3) is 0 Å². The molecule has 0 radical (unpaired) electrons. The Morgan fingerprint density at radius 3 is 2.72 bits per heavy atom. The molecule has 0 spiro atoms. The van der Waals surface area contributed by atoms with E-state index in [1.54, 1.807) is 36.7 Å². The van der Waals surface area contributed by atoms with Gasteiger partial charge in [-0.25, -0.2) is 23.5 Å². The van der Waals surface area contributed by atoms with Crippen LogP contribution in [0.1, 0.15) is 6.42 Å². The lowest BCUT2D eigenvalue weighted by molar-refractivity contribution is -0.117. The van der Waals surface area contributed by atoms with Crippen LogP contribution in [-0.4, -0.2) is 36.6 Å². The maximum absolute atomic E-state index is 12.2. The SMILES string of the molecule is NS(=O)(=O)CC1CC(=O)N(c2cccc(Oc3ncc(Br)cn3)c2)C1. The molecule has 1 saturated heterocycles. The molecule has 1 atom stereocenters. The summed E-state index contributed by atoms with van der Waals surface area (Å²) in [6, 6.07) is 7.08. The van der Waals surface area contributed by atoms with E-state index in [1.165, 1.54) is 4.90 Å². The van der Waals surface area contributed by atoms with E-state index in [0.717, 1.165) is 4.47 Å². The number of sulfonamides is 1. The second kappa shape index (κ2) is 7.06. The van der Waals surface area contributed by atoms with Crippen molar-refractivity contribution in [2.75, 3.05) is 17.2 Å². The average molecular weight is 427 g/mol. The largest absolute Gasteiger partial charge is 0.424 e. The Morgan fingerprint density at radius 2 is 2.04 bits per heavy atom. The van der Waals surface area contributed by atoms with Crippen LogP contribution < -0.4 is 14.8 Å². The third-order valence-electron chi connectivity index (χ3n) is 3.61. The molecule has 2 aromatic rings. The fraction of sp³-hybridized carbons (Fsp3) is 0.267. The normalized spacial score (nSPS) is 17.8. The molecule has 1 aromatic heterocycles. The first-order chi connectivity index (χ1) is 11.8. The predicted octanol–water partition coefficient (Wildman–Crippen LogP) is 1.67. The highest BCUT2D eigenvalue weighted by Gasteiger charge is 2.32. The number of benzene rings is 1. The van der Waals surface area contributed by atoms with Crippen molar-refractivity contribution < 1.29 is 17.9 Å². The smallest absolute Gasteiger partial charge is 0.321 e. The van der Waals surface area contributed by atoms with Crippen LogP contribution in [0.2, 0.25) is 0 Å². The number of ether oxygens (including phenoxy) is 1. The van der Waals surface area contributed by atoms with Crippen molar-refractivity contribution in [2.45, 2.75) is 6.42 Å². The zero-order valence-electron chi connectivity index (χ0n) is 13.0. The number of nitrogens with zero attached hydrogens (tertiary/aromatic N) is 3. The summed E-state index contributed by atoms with van der Waals surface area (Å²) in [5, 5.41) is 5.07. The Kier molecular flexibility index (Phi) is 5.02. The van der Waals surface area contributed by atoms with Crippen LogP contribution in [0.4, 0.5) is 5.69 Å². The van der Waals surface area contributed by atoms with E-state index in [4.69, 9.17) is 9.88 Å². The molecule has 25 heavy (non-hydrogen) atoms. The number of nitrogens with two attached hydrogens (primary N) is 1. The molecule has 1 fully saturated rings. The maximum atomic E-state index is 12.2. The Balaban J connectivity index is 1.75. The van der Waals surface area contributed by atoms with Gasteiger partial charge < -0.3 is 9.64 Å². The fourth-order valence-corrected chi connectivity index (χ4v) is 3.73. The first-order valence-corrected chi connectivity index (χ1v) is 9.87. The van der Waals surface area contributed by atoms with E-state index in [1.807, 2.05) is 0 Å². The van der Waals surface area contributed by atoms with Gasteiger partial charge in [-0.1, -0.05) is 6.07 Å². The minimum Gasteiger partial charge on any atom is -0.424 e. The third-order valence-corrected chi connectivity index (χ3v) is 4.95. The molecule has 2 heterocycles. The van der Waals surface area contributed by atoms with Crippen molar-refractivity contribution in [3.63, 3.8) is 0 Å². The average Bonchev–Trinajstić information content (AvgIpc) is 2.88. The Hall–Kier alpha value is -2.04. The number of rotatable bonds is 5. The summed E-state index contributed by atoms with van der Waals surface area (Å²) in [5.74, 6) is -0.201. The third kappa shape index (κ3) is 4.74. The minimum absolute atomic E-state index is 0.148. The van der Waals surface area contributed by atoms with E-state index >= 15 is 0 Å². The highest BCUT2D eigenvalue weighted by molar-refractivity contribution is 9.10.